The van der Waals surface area contributed by atoms with Gasteiger partial charge in [-0.25, -0.2) is 0 Å². The van der Waals surface area contributed by atoms with Crippen molar-refractivity contribution in [3.05, 3.63) is 175 Å². The van der Waals surface area contributed by atoms with Crippen LogP contribution in [-0.2, 0) is 6.61 Å². The zero-order valence-electron chi connectivity index (χ0n) is 27.2. The average Bonchev–Trinajstić information content (AvgIpc) is 3.69. The lowest BCUT2D eigenvalue weighted by Gasteiger charge is -2.24. The molecule has 0 N–H and O–H groups in total. The van der Waals surface area contributed by atoms with Crippen LogP contribution in [0.5, 0.6) is 5.75 Å². The van der Waals surface area contributed by atoms with E-state index in [0.717, 1.165) is 17.0 Å². The lowest BCUT2D eigenvalue weighted by atomic mass is 9.95. The number of rotatable bonds is 3. The number of nitrogens with zero attached hydrogens (tertiary/aromatic N) is 2. The minimum absolute atomic E-state index is 0.592. The summed E-state index contributed by atoms with van der Waals surface area (Å²) in [7, 11) is 0. The van der Waals surface area contributed by atoms with E-state index in [1.807, 2.05) is 0 Å². The maximum atomic E-state index is 6.29. The summed E-state index contributed by atoms with van der Waals surface area (Å²) in [6.07, 6.45) is 0. The number of aromatic nitrogens is 2. The summed E-state index contributed by atoms with van der Waals surface area (Å²) in [5, 5.41) is 7.48. The minimum atomic E-state index is 0.592. The Balaban J connectivity index is 1.11. The molecule has 0 aliphatic carbocycles. The minimum Gasteiger partial charge on any atom is -0.488 e. The standard InChI is InChI=1S/C47H30N2O/c1-2-11-31-26-35(23-20-30(31)10-1)48-41-16-7-5-14-37(41)39-27-32(21-24-43(39)48)33-22-25-44-40(28-33)38-15-6-8-17-42(38)49(44)45-18-9-19-46-47(45)36-13-4-3-12-34(36)29-50-46/h1-28H,29H2. The lowest BCUT2D eigenvalue weighted by molar-refractivity contribution is 0.302. The molecule has 0 radical (unpaired) electrons. The van der Waals surface area contributed by atoms with Crippen molar-refractivity contribution < 1.29 is 4.74 Å². The highest BCUT2D eigenvalue weighted by molar-refractivity contribution is 6.13. The van der Waals surface area contributed by atoms with Gasteiger partial charge in [-0.05, 0) is 93.7 Å². The van der Waals surface area contributed by atoms with E-state index >= 15 is 0 Å². The molecule has 0 spiro atoms. The van der Waals surface area contributed by atoms with Gasteiger partial charge < -0.3 is 13.9 Å². The molecular weight excluding hydrogens is 609 g/mol. The fourth-order valence-electron chi connectivity index (χ4n) is 8.30. The average molecular weight is 639 g/mol. The smallest absolute Gasteiger partial charge is 0.129 e. The Hall–Kier alpha value is -6.58. The summed E-state index contributed by atoms with van der Waals surface area (Å²) in [5.41, 5.74) is 13.1. The summed E-state index contributed by atoms with van der Waals surface area (Å²) < 4.78 is 11.1. The van der Waals surface area contributed by atoms with Gasteiger partial charge in [0, 0.05) is 32.8 Å². The van der Waals surface area contributed by atoms with Crippen LogP contribution in [0, 0.1) is 0 Å². The molecule has 1 aliphatic heterocycles. The summed E-state index contributed by atoms with van der Waals surface area (Å²) in [6, 6.07) is 61.8. The Morgan fingerprint density at radius 1 is 0.420 bits per heavy atom. The van der Waals surface area contributed by atoms with E-state index in [1.54, 1.807) is 0 Å². The van der Waals surface area contributed by atoms with Crippen LogP contribution in [-0.4, -0.2) is 9.13 Å². The number of para-hydroxylation sites is 2. The van der Waals surface area contributed by atoms with Crippen LogP contribution in [0.1, 0.15) is 5.56 Å². The van der Waals surface area contributed by atoms with Crippen molar-refractivity contribution in [1.82, 2.24) is 9.13 Å². The van der Waals surface area contributed by atoms with Gasteiger partial charge in [0.2, 0.25) is 0 Å². The second-order valence-electron chi connectivity index (χ2n) is 13.3. The molecule has 0 atom stereocenters. The Kier molecular flexibility index (Phi) is 5.73. The molecular formula is C47H30N2O. The maximum Gasteiger partial charge on any atom is 0.129 e. The highest BCUT2D eigenvalue weighted by atomic mass is 16.5. The Bertz CT molecular complexity index is 3000. The first-order valence-corrected chi connectivity index (χ1v) is 17.2. The van der Waals surface area contributed by atoms with Gasteiger partial charge in [-0.15, -0.1) is 0 Å². The molecule has 3 heterocycles. The summed E-state index contributed by atoms with van der Waals surface area (Å²) in [6.45, 7) is 0.592. The Labute approximate surface area is 288 Å². The van der Waals surface area contributed by atoms with Gasteiger partial charge in [-0.1, -0.05) is 109 Å². The van der Waals surface area contributed by atoms with Crippen LogP contribution in [0.4, 0.5) is 0 Å². The van der Waals surface area contributed by atoms with Crippen molar-refractivity contribution in [3.8, 4) is 39.4 Å². The third kappa shape index (κ3) is 3.92. The molecule has 3 nitrogen and oxygen atoms in total. The van der Waals surface area contributed by atoms with E-state index in [4.69, 9.17) is 4.74 Å². The molecule has 8 aromatic carbocycles. The molecule has 0 unspecified atom stereocenters. The van der Waals surface area contributed by atoms with Crippen molar-refractivity contribution in [2.24, 2.45) is 0 Å². The molecule has 10 aromatic rings. The molecule has 2 aromatic heterocycles. The molecule has 0 fully saturated rings. The van der Waals surface area contributed by atoms with E-state index in [9.17, 15) is 0 Å². The molecule has 0 saturated heterocycles. The third-order valence-corrected chi connectivity index (χ3v) is 10.6. The SMILES string of the molecule is c1ccc2c(c1)COc1cccc(-n3c4ccccc4c4cc(-c5ccc6c(c5)c5ccccc5n6-c5ccc6ccccc6c5)ccc43)c1-2. The van der Waals surface area contributed by atoms with Gasteiger partial charge in [0.15, 0.2) is 0 Å². The van der Waals surface area contributed by atoms with Crippen LogP contribution in [0.25, 0.3) is 88.0 Å². The first kappa shape index (κ1) is 27.4. The fraction of sp³-hybridized carbons (Fsp3) is 0.0213. The summed E-state index contributed by atoms with van der Waals surface area (Å²) in [5.74, 6) is 0.930. The zero-order chi connectivity index (χ0) is 32.8. The Morgan fingerprint density at radius 2 is 1.04 bits per heavy atom. The second-order valence-corrected chi connectivity index (χ2v) is 13.3. The predicted molar refractivity (Wildman–Crippen MR) is 208 cm³/mol. The van der Waals surface area contributed by atoms with Crippen LogP contribution < -0.4 is 4.74 Å². The van der Waals surface area contributed by atoms with Crippen molar-refractivity contribution in [2.75, 3.05) is 0 Å². The van der Waals surface area contributed by atoms with Crippen molar-refractivity contribution >= 4 is 54.4 Å². The third-order valence-electron chi connectivity index (χ3n) is 10.6. The molecule has 50 heavy (non-hydrogen) atoms. The molecule has 3 heteroatoms. The van der Waals surface area contributed by atoms with Gasteiger partial charge >= 0.3 is 0 Å². The number of fused-ring (bicyclic) bond motifs is 10. The molecule has 0 bridgehead atoms. The lowest BCUT2D eigenvalue weighted by Crippen LogP contribution is -2.08. The first-order valence-electron chi connectivity index (χ1n) is 17.2. The predicted octanol–water partition coefficient (Wildman–Crippen LogP) is 12.3. The number of hydrogen-bond acceptors (Lipinski definition) is 1. The van der Waals surface area contributed by atoms with Crippen molar-refractivity contribution in [3.63, 3.8) is 0 Å². The first-order chi connectivity index (χ1) is 24.8. The van der Waals surface area contributed by atoms with E-state index in [-0.39, 0.29) is 0 Å². The van der Waals surface area contributed by atoms with E-state index in [1.165, 1.54) is 82.3 Å². The molecule has 1 aliphatic rings. The highest BCUT2D eigenvalue weighted by Gasteiger charge is 2.23. The van der Waals surface area contributed by atoms with E-state index in [0.29, 0.717) is 6.61 Å². The monoisotopic (exact) mass is 638 g/mol. The second kappa shape index (κ2) is 10.5. The molecule has 11 rings (SSSR count). The van der Waals surface area contributed by atoms with E-state index in [2.05, 4.69) is 179 Å². The number of benzene rings is 8. The van der Waals surface area contributed by atoms with Crippen LogP contribution in [0.3, 0.4) is 0 Å². The molecule has 234 valence electrons. The van der Waals surface area contributed by atoms with E-state index < -0.39 is 0 Å². The highest BCUT2D eigenvalue weighted by Crippen LogP contribution is 2.45. The number of ether oxygens (including phenoxy) is 1. The topological polar surface area (TPSA) is 19.1 Å². The van der Waals surface area contributed by atoms with Gasteiger partial charge in [-0.2, -0.15) is 0 Å². The van der Waals surface area contributed by atoms with Crippen LogP contribution in [0.2, 0.25) is 0 Å². The molecule has 0 amide bonds. The van der Waals surface area contributed by atoms with Crippen LogP contribution >= 0.6 is 0 Å². The van der Waals surface area contributed by atoms with Crippen LogP contribution in [0.15, 0.2) is 170 Å². The maximum absolute atomic E-state index is 6.29. The quantitative estimate of drug-likeness (QED) is 0.188. The van der Waals surface area contributed by atoms with Gasteiger partial charge in [0.05, 0.1) is 27.8 Å². The fourth-order valence-corrected chi connectivity index (χ4v) is 8.30. The summed E-state index contributed by atoms with van der Waals surface area (Å²) in [4.78, 5) is 0. The Morgan fingerprint density at radius 3 is 1.82 bits per heavy atom. The van der Waals surface area contributed by atoms with Gasteiger partial charge in [0.1, 0.15) is 12.4 Å². The normalized spacial score (nSPS) is 12.5. The van der Waals surface area contributed by atoms with Gasteiger partial charge in [0.25, 0.3) is 0 Å². The van der Waals surface area contributed by atoms with Crippen molar-refractivity contribution in [1.29, 1.82) is 0 Å². The largest absolute Gasteiger partial charge is 0.488 e. The summed E-state index contributed by atoms with van der Waals surface area (Å²) >= 11 is 0. The van der Waals surface area contributed by atoms with Crippen molar-refractivity contribution in [2.45, 2.75) is 6.61 Å². The zero-order valence-corrected chi connectivity index (χ0v) is 27.2. The molecule has 0 saturated carbocycles. The van der Waals surface area contributed by atoms with Gasteiger partial charge in [-0.3, -0.25) is 0 Å². The number of hydrogen-bond donors (Lipinski definition) is 0.